The molecule has 3 aromatic rings. The molecule has 2 amide bonds. The fourth-order valence-corrected chi connectivity index (χ4v) is 3.44. The van der Waals surface area contributed by atoms with Gasteiger partial charge in [-0.15, -0.1) is 0 Å². The van der Waals surface area contributed by atoms with Gasteiger partial charge in [0.1, 0.15) is 17.2 Å². The third-order valence-corrected chi connectivity index (χ3v) is 4.96. The van der Waals surface area contributed by atoms with Gasteiger partial charge in [0.05, 0.1) is 32.7 Å². The van der Waals surface area contributed by atoms with Gasteiger partial charge in [0.15, 0.2) is 0 Å². The Morgan fingerprint density at radius 2 is 1.67 bits per heavy atom. The molecule has 30 heavy (non-hydrogen) atoms. The van der Waals surface area contributed by atoms with Crippen molar-refractivity contribution >= 4 is 11.7 Å². The third kappa shape index (κ3) is 4.35. The minimum absolute atomic E-state index is 0.319. The minimum atomic E-state index is -0.319. The lowest BCUT2D eigenvalue weighted by molar-refractivity contribution is 0.251. The number of aryl methyl sites for hydroxylation is 1. The van der Waals surface area contributed by atoms with E-state index in [4.69, 9.17) is 14.2 Å². The molecule has 158 valence electrons. The number of hydrogen-bond acceptors (Lipinski definition) is 4. The normalized spacial score (nSPS) is 10.4. The molecule has 0 atom stereocenters. The predicted octanol–water partition coefficient (Wildman–Crippen LogP) is 4.44. The highest BCUT2D eigenvalue weighted by Crippen LogP contribution is 2.29. The number of aromatic nitrogens is 1. The van der Waals surface area contributed by atoms with Crippen LogP contribution in [0.4, 0.5) is 10.5 Å². The van der Waals surface area contributed by atoms with Crippen LogP contribution in [0.3, 0.4) is 0 Å². The van der Waals surface area contributed by atoms with Crippen molar-refractivity contribution in [1.82, 2.24) is 9.88 Å². The maximum atomic E-state index is 12.4. The fraction of sp³-hybridized carbons (Fsp3) is 0.261. The monoisotopic (exact) mass is 409 g/mol. The summed E-state index contributed by atoms with van der Waals surface area (Å²) in [5.41, 5.74) is 4.66. The number of benzene rings is 2. The number of amides is 2. The summed E-state index contributed by atoms with van der Waals surface area (Å²) >= 11 is 0. The Balaban J connectivity index is 1.73. The topological polar surface area (TPSA) is 73.8 Å². The maximum Gasteiger partial charge on any atom is 0.319 e. The molecule has 0 aliphatic heterocycles. The lowest BCUT2D eigenvalue weighted by atomic mass is 10.2. The van der Waals surface area contributed by atoms with E-state index in [1.807, 2.05) is 38.1 Å². The summed E-state index contributed by atoms with van der Waals surface area (Å²) in [5, 5.41) is 5.72. The maximum absolute atomic E-state index is 12.4. The van der Waals surface area contributed by atoms with Gasteiger partial charge in [0.25, 0.3) is 0 Å². The van der Waals surface area contributed by atoms with Gasteiger partial charge in [-0.3, -0.25) is 0 Å². The molecule has 0 bridgehead atoms. The van der Waals surface area contributed by atoms with Crippen molar-refractivity contribution in [3.8, 4) is 22.9 Å². The van der Waals surface area contributed by atoms with Crippen molar-refractivity contribution in [3.63, 3.8) is 0 Å². The molecule has 0 aliphatic rings. The lowest BCUT2D eigenvalue weighted by Crippen LogP contribution is -2.28. The second-order valence-corrected chi connectivity index (χ2v) is 6.78. The molecule has 7 heteroatoms. The molecule has 3 rings (SSSR count). The van der Waals surface area contributed by atoms with Crippen molar-refractivity contribution in [2.75, 3.05) is 26.6 Å². The first kappa shape index (κ1) is 21.1. The van der Waals surface area contributed by atoms with Crippen LogP contribution in [-0.4, -0.2) is 31.9 Å². The molecule has 0 unspecified atom stereocenters. The number of hydrogen-bond donors (Lipinski definition) is 2. The molecule has 7 nitrogen and oxygen atoms in total. The van der Waals surface area contributed by atoms with Gasteiger partial charge in [-0.25, -0.2) is 4.79 Å². The van der Waals surface area contributed by atoms with Gasteiger partial charge in [-0.05, 0) is 49.7 Å². The highest BCUT2D eigenvalue weighted by Gasteiger charge is 2.15. The van der Waals surface area contributed by atoms with E-state index in [1.54, 1.807) is 39.5 Å². The standard InChI is InChI=1S/C23H27N3O4/c1-15-12-17(16(2)26(15)20-8-6-7-9-21(20)29-4)14-24-23(27)25-19-11-10-18(28-3)13-22(19)30-5/h6-13H,14H2,1-5H3,(H2,24,25,27). The van der Waals surface area contributed by atoms with E-state index in [0.29, 0.717) is 23.7 Å². The van der Waals surface area contributed by atoms with Gasteiger partial charge in [-0.2, -0.15) is 0 Å². The Bertz CT molecular complexity index is 1040. The Morgan fingerprint density at radius 1 is 0.933 bits per heavy atom. The minimum Gasteiger partial charge on any atom is -0.497 e. The van der Waals surface area contributed by atoms with E-state index in [2.05, 4.69) is 21.3 Å². The summed E-state index contributed by atoms with van der Waals surface area (Å²) in [6, 6.07) is 14.8. The first-order valence-electron chi connectivity index (χ1n) is 9.56. The summed E-state index contributed by atoms with van der Waals surface area (Å²) in [6.45, 7) is 4.45. The second-order valence-electron chi connectivity index (χ2n) is 6.78. The molecule has 0 radical (unpaired) electrons. The number of urea groups is 1. The van der Waals surface area contributed by atoms with Gasteiger partial charge >= 0.3 is 6.03 Å². The SMILES string of the molecule is COc1ccc(NC(=O)NCc2cc(C)n(-c3ccccc3OC)c2C)c(OC)c1. The van der Waals surface area contributed by atoms with E-state index >= 15 is 0 Å². The van der Waals surface area contributed by atoms with Crippen LogP contribution in [0.2, 0.25) is 0 Å². The molecule has 2 aromatic carbocycles. The van der Waals surface area contributed by atoms with Crippen LogP contribution in [0.5, 0.6) is 17.2 Å². The number of anilines is 1. The zero-order valence-electron chi connectivity index (χ0n) is 17.9. The highest BCUT2D eigenvalue weighted by atomic mass is 16.5. The quantitative estimate of drug-likeness (QED) is 0.605. The van der Waals surface area contributed by atoms with Crippen molar-refractivity contribution in [2.45, 2.75) is 20.4 Å². The Hall–Kier alpha value is -3.61. The Labute approximate surface area is 176 Å². The molecule has 0 saturated heterocycles. The van der Waals surface area contributed by atoms with Crippen LogP contribution in [0.15, 0.2) is 48.5 Å². The zero-order chi connectivity index (χ0) is 21.7. The summed E-state index contributed by atoms with van der Waals surface area (Å²) < 4.78 is 18.1. The number of methoxy groups -OCH3 is 3. The number of carbonyl (C=O) groups excluding carboxylic acids is 1. The van der Waals surface area contributed by atoms with E-state index in [0.717, 1.165) is 28.4 Å². The van der Waals surface area contributed by atoms with Crippen molar-refractivity contribution in [1.29, 1.82) is 0 Å². The van der Waals surface area contributed by atoms with Crippen LogP contribution in [0.1, 0.15) is 17.0 Å². The van der Waals surface area contributed by atoms with E-state index in [-0.39, 0.29) is 6.03 Å². The fourth-order valence-electron chi connectivity index (χ4n) is 3.44. The average molecular weight is 409 g/mol. The van der Waals surface area contributed by atoms with Gasteiger partial charge < -0.3 is 29.4 Å². The van der Waals surface area contributed by atoms with E-state index in [1.165, 1.54) is 0 Å². The van der Waals surface area contributed by atoms with Crippen LogP contribution in [-0.2, 0) is 6.54 Å². The molecular weight excluding hydrogens is 382 g/mol. The zero-order valence-corrected chi connectivity index (χ0v) is 17.9. The summed E-state index contributed by atoms with van der Waals surface area (Å²) in [7, 11) is 4.79. The third-order valence-electron chi connectivity index (χ3n) is 4.96. The number of nitrogens with zero attached hydrogens (tertiary/aromatic N) is 1. The largest absolute Gasteiger partial charge is 0.497 e. The molecule has 0 saturated carbocycles. The van der Waals surface area contributed by atoms with Crippen LogP contribution >= 0.6 is 0 Å². The smallest absolute Gasteiger partial charge is 0.319 e. The van der Waals surface area contributed by atoms with Crippen LogP contribution in [0.25, 0.3) is 5.69 Å². The van der Waals surface area contributed by atoms with E-state index < -0.39 is 0 Å². The summed E-state index contributed by atoms with van der Waals surface area (Å²) in [5.74, 6) is 1.98. The highest BCUT2D eigenvalue weighted by molar-refractivity contribution is 5.91. The van der Waals surface area contributed by atoms with Crippen molar-refractivity contribution in [3.05, 3.63) is 65.5 Å². The summed E-state index contributed by atoms with van der Waals surface area (Å²) in [6.07, 6.45) is 0. The second kappa shape index (κ2) is 9.26. The predicted molar refractivity (Wildman–Crippen MR) is 117 cm³/mol. The molecule has 0 spiro atoms. The number of para-hydroxylation sites is 2. The molecule has 1 heterocycles. The Morgan fingerprint density at radius 3 is 2.37 bits per heavy atom. The number of carbonyl (C=O) groups is 1. The van der Waals surface area contributed by atoms with Crippen molar-refractivity contribution in [2.24, 2.45) is 0 Å². The lowest BCUT2D eigenvalue weighted by Gasteiger charge is -2.14. The Kier molecular flexibility index (Phi) is 6.51. The molecule has 0 aliphatic carbocycles. The van der Waals surface area contributed by atoms with E-state index in [9.17, 15) is 4.79 Å². The number of rotatable bonds is 7. The van der Waals surface area contributed by atoms with Crippen LogP contribution in [0, 0.1) is 13.8 Å². The number of nitrogens with one attached hydrogen (secondary N) is 2. The first-order valence-corrected chi connectivity index (χ1v) is 9.56. The summed E-state index contributed by atoms with van der Waals surface area (Å²) in [4.78, 5) is 12.4. The molecule has 0 fully saturated rings. The van der Waals surface area contributed by atoms with Crippen molar-refractivity contribution < 1.29 is 19.0 Å². The molecule has 2 N–H and O–H groups in total. The number of ether oxygens (including phenoxy) is 3. The van der Waals surface area contributed by atoms with Gasteiger partial charge in [0, 0.05) is 24.0 Å². The molecular formula is C23H27N3O4. The molecule has 1 aromatic heterocycles. The average Bonchev–Trinajstić information content (AvgIpc) is 3.05. The van der Waals surface area contributed by atoms with Gasteiger partial charge in [-0.1, -0.05) is 12.1 Å². The van der Waals surface area contributed by atoms with Gasteiger partial charge in [0.2, 0.25) is 0 Å². The van der Waals surface area contributed by atoms with Crippen LogP contribution < -0.4 is 24.8 Å². The first-order chi connectivity index (χ1) is 14.5.